The van der Waals surface area contributed by atoms with Gasteiger partial charge in [-0.05, 0) is 47.1 Å². The zero-order chi connectivity index (χ0) is 31.7. The van der Waals surface area contributed by atoms with E-state index in [2.05, 4.69) is 62.0 Å². The maximum absolute atomic E-state index is 12.7. The van der Waals surface area contributed by atoms with Crippen LogP contribution < -0.4 is 10.6 Å². The Hall–Kier alpha value is 0.0200. The second-order valence-corrected chi connectivity index (χ2v) is 15.5. The zero-order valence-corrected chi connectivity index (χ0v) is 28.9. The van der Waals surface area contributed by atoms with Crippen LogP contribution in [0.1, 0.15) is 75.2 Å². The molecule has 250 valence electrons. The van der Waals surface area contributed by atoms with Gasteiger partial charge in [0, 0.05) is 55.4 Å². The topological polar surface area (TPSA) is 151 Å². The number of likely N-dealkylation sites (N-methyl/N-ethyl adjacent to an activating group) is 1. The van der Waals surface area contributed by atoms with E-state index in [4.69, 9.17) is 22.8 Å². The number of phosphoric acid groups is 2. The van der Waals surface area contributed by atoms with E-state index in [1.165, 1.54) is 0 Å². The van der Waals surface area contributed by atoms with Crippen LogP contribution in [-0.2, 0) is 32.0 Å². The van der Waals surface area contributed by atoms with E-state index in [1.54, 1.807) is 13.8 Å². The van der Waals surface area contributed by atoms with Gasteiger partial charge in [0.1, 0.15) is 6.10 Å². The molecule has 0 spiro atoms. The minimum absolute atomic E-state index is 0.0123. The third kappa shape index (κ3) is 14.0. The van der Waals surface area contributed by atoms with Gasteiger partial charge in [-0.1, -0.05) is 34.6 Å². The molecule has 2 heterocycles. The first-order valence-corrected chi connectivity index (χ1v) is 18.4. The lowest BCUT2D eigenvalue weighted by atomic mass is 10.1. The van der Waals surface area contributed by atoms with Gasteiger partial charge in [-0.2, -0.15) is 0 Å². The molecule has 0 bridgehead atoms. The Morgan fingerprint density at radius 3 is 1.69 bits per heavy atom. The summed E-state index contributed by atoms with van der Waals surface area (Å²) in [5.74, 6) is 0. The number of hydrogen-bond acceptors (Lipinski definition) is 11. The van der Waals surface area contributed by atoms with E-state index < -0.39 is 21.7 Å². The molecule has 2 aliphatic heterocycles. The van der Waals surface area contributed by atoms with Crippen molar-refractivity contribution in [3.63, 3.8) is 0 Å². The molecule has 0 aromatic carbocycles. The number of nitrogens with one attached hydrogen (secondary N) is 2. The molecule has 2 fully saturated rings. The fourth-order valence-corrected chi connectivity index (χ4v) is 7.35. The normalized spacial score (nSPS) is 27.9. The summed E-state index contributed by atoms with van der Waals surface area (Å²) in [6, 6.07) is 1.45. The van der Waals surface area contributed by atoms with Crippen LogP contribution in [0.4, 0.5) is 0 Å². The lowest BCUT2D eigenvalue weighted by molar-refractivity contribution is -0.0513. The van der Waals surface area contributed by atoms with Gasteiger partial charge in [-0.3, -0.25) is 27.9 Å². The van der Waals surface area contributed by atoms with E-state index in [0.29, 0.717) is 12.1 Å². The molecule has 0 radical (unpaired) electrons. The van der Waals surface area contributed by atoms with Crippen molar-refractivity contribution in [2.45, 2.75) is 130 Å². The van der Waals surface area contributed by atoms with Crippen molar-refractivity contribution >= 4 is 15.6 Å². The average molecular weight is 645 g/mol. The predicted molar refractivity (Wildman–Crippen MR) is 163 cm³/mol. The van der Waals surface area contributed by atoms with Gasteiger partial charge in [0.05, 0.1) is 32.5 Å². The Morgan fingerprint density at radius 1 is 0.762 bits per heavy atom. The summed E-state index contributed by atoms with van der Waals surface area (Å²) in [6.45, 7) is 20.0. The molecule has 0 aromatic heterocycles. The van der Waals surface area contributed by atoms with Crippen molar-refractivity contribution in [1.29, 1.82) is 0 Å². The molecule has 4 N–H and O–H groups in total. The minimum Gasteiger partial charge on any atom is -0.371 e. The van der Waals surface area contributed by atoms with Gasteiger partial charge in [-0.25, -0.2) is 9.13 Å². The SMILES string of the molecule is CCN1C[C@@H](NC(C)C)C[C@@H]1COP(=O)(O)OCC(COP(=O)(O)OC[C@@H]1C[C@@H](NC(C)C)CN1C(C)C)OC(C)C. The molecule has 0 amide bonds. The molecule has 0 aliphatic carbocycles. The number of rotatable bonds is 20. The number of nitrogens with zero attached hydrogens (tertiary/aromatic N) is 2. The number of likely N-dealkylation sites (tertiary alicyclic amines) is 2. The maximum atomic E-state index is 12.7. The summed E-state index contributed by atoms with van der Waals surface area (Å²) in [7, 11) is -8.83. The third-order valence-electron chi connectivity index (χ3n) is 7.36. The first-order chi connectivity index (χ1) is 19.5. The minimum atomic E-state index is -4.42. The lowest BCUT2D eigenvalue weighted by Crippen LogP contribution is -2.40. The highest BCUT2D eigenvalue weighted by Gasteiger charge is 2.37. The fraction of sp³-hybridized carbons (Fsp3) is 1.00. The number of ether oxygens (including phenoxy) is 1. The summed E-state index contributed by atoms with van der Waals surface area (Å²) in [5.41, 5.74) is 0. The molecular formula is C27H58N4O9P2. The Balaban J connectivity index is 1.86. The Labute approximate surface area is 253 Å². The second kappa shape index (κ2) is 17.6. The monoisotopic (exact) mass is 644 g/mol. The van der Waals surface area contributed by atoms with Crippen molar-refractivity contribution in [1.82, 2.24) is 20.4 Å². The van der Waals surface area contributed by atoms with E-state index in [-0.39, 0.29) is 62.7 Å². The molecule has 13 nitrogen and oxygen atoms in total. The van der Waals surface area contributed by atoms with Crippen molar-refractivity contribution in [3.05, 3.63) is 0 Å². The Bertz CT molecular complexity index is 883. The van der Waals surface area contributed by atoms with Crippen LogP contribution in [0.15, 0.2) is 0 Å². The molecular weight excluding hydrogens is 586 g/mol. The summed E-state index contributed by atoms with van der Waals surface area (Å²) in [5, 5.41) is 7.04. The average Bonchev–Trinajstić information content (AvgIpc) is 3.45. The first kappa shape index (κ1) is 38.2. The highest BCUT2D eigenvalue weighted by Crippen LogP contribution is 2.46. The molecule has 42 heavy (non-hydrogen) atoms. The highest BCUT2D eigenvalue weighted by atomic mass is 31.2. The molecule has 0 aromatic rings. The van der Waals surface area contributed by atoms with E-state index in [0.717, 1.165) is 32.5 Å². The number of phosphoric ester groups is 2. The maximum Gasteiger partial charge on any atom is 0.472 e. The highest BCUT2D eigenvalue weighted by molar-refractivity contribution is 7.47. The molecule has 2 aliphatic rings. The standard InChI is InChI=1S/C27H58N4O9P2/c1-10-30-13-23(28-19(2)3)11-25(30)15-36-41(32,33)38-17-27(40-22(8)9)18-39-42(34,35)37-16-26-12-24(29-20(4)5)14-31(26)21(6)7/h19-29H,10-18H2,1-9H3,(H,32,33)(H,34,35)/t23-,24+,25+,26-,27?/m0/s1. The molecule has 2 saturated heterocycles. The van der Waals surface area contributed by atoms with E-state index in [9.17, 15) is 18.9 Å². The van der Waals surface area contributed by atoms with Crippen molar-refractivity contribution in [2.24, 2.45) is 0 Å². The quantitative estimate of drug-likeness (QED) is 0.144. The molecule has 2 rings (SSSR count). The smallest absolute Gasteiger partial charge is 0.371 e. The van der Waals surface area contributed by atoms with Crippen LogP contribution in [0.2, 0.25) is 0 Å². The van der Waals surface area contributed by atoms with Crippen LogP contribution in [0.25, 0.3) is 0 Å². The predicted octanol–water partition coefficient (Wildman–Crippen LogP) is 3.36. The van der Waals surface area contributed by atoms with Gasteiger partial charge in [0.15, 0.2) is 0 Å². The number of hydrogen-bond donors (Lipinski definition) is 4. The van der Waals surface area contributed by atoms with E-state index in [1.807, 2.05) is 6.92 Å². The molecule has 15 heteroatoms. The first-order valence-electron chi connectivity index (χ1n) is 15.4. The van der Waals surface area contributed by atoms with Gasteiger partial charge in [0.2, 0.25) is 0 Å². The van der Waals surface area contributed by atoms with Crippen LogP contribution in [0, 0.1) is 0 Å². The Kier molecular flexibility index (Phi) is 16.0. The Morgan fingerprint density at radius 2 is 1.24 bits per heavy atom. The van der Waals surface area contributed by atoms with E-state index >= 15 is 0 Å². The van der Waals surface area contributed by atoms with Crippen LogP contribution in [0.5, 0.6) is 0 Å². The van der Waals surface area contributed by atoms with Gasteiger partial charge < -0.3 is 25.2 Å². The van der Waals surface area contributed by atoms with Crippen LogP contribution >= 0.6 is 15.6 Å². The van der Waals surface area contributed by atoms with Crippen molar-refractivity contribution < 1.29 is 41.7 Å². The van der Waals surface area contributed by atoms with Gasteiger partial charge >= 0.3 is 15.6 Å². The molecule has 0 saturated carbocycles. The largest absolute Gasteiger partial charge is 0.472 e. The van der Waals surface area contributed by atoms with Crippen LogP contribution in [-0.4, -0.2) is 120 Å². The summed E-state index contributed by atoms with van der Waals surface area (Å²) in [6.07, 6.45) is 0.413. The fourth-order valence-electron chi connectivity index (χ4n) is 5.77. The third-order valence-corrected chi connectivity index (χ3v) is 9.27. The summed E-state index contributed by atoms with van der Waals surface area (Å²) < 4.78 is 52.3. The van der Waals surface area contributed by atoms with Gasteiger partial charge in [-0.15, -0.1) is 0 Å². The van der Waals surface area contributed by atoms with Gasteiger partial charge in [0.25, 0.3) is 0 Å². The summed E-state index contributed by atoms with van der Waals surface area (Å²) in [4.78, 5) is 25.2. The second-order valence-electron chi connectivity index (χ2n) is 12.6. The lowest BCUT2D eigenvalue weighted by Gasteiger charge is -2.28. The molecule has 3 unspecified atom stereocenters. The van der Waals surface area contributed by atoms with Crippen molar-refractivity contribution in [2.75, 3.05) is 46.1 Å². The zero-order valence-electron chi connectivity index (χ0n) is 27.1. The molecule has 7 atom stereocenters. The van der Waals surface area contributed by atoms with Crippen molar-refractivity contribution in [3.8, 4) is 0 Å². The summed E-state index contributed by atoms with van der Waals surface area (Å²) >= 11 is 0. The van der Waals surface area contributed by atoms with Crippen LogP contribution in [0.3, 0.4) is 0 Å².